The van der Waals surface area contributed by atoms with E-state index in [1.165, 1.54) is 19.3 Å². The molecule has 0 unspecified atom stereocenters. The normalized spacial score (nSPS) is 19.3. The van der Waals surface area contributed by atoms with E-state index in [2.05, 4.69) is 27.1 Å². The van der Waals surface area contributed by atoms with E-state index in [0.29, 0.717) is 12.6 Å². The first-order valence-electron chi connectivity index (χ1n) is 8.14. The first-order chi connectivity index (χ1) is 11.3. The third kappa shape index (κ3) is 4.01. The minimum absolute atomic E-state index is 0.309. The van der Waals surface area contributed by atoms with Gasteiger partial charge in [-0.25, -0.2) is 4.98 Å². The predicted octanol–water partition coefficient (Wildman–Crippen LogP) is 2.94. The average molecular weight is 316 g/mol. The average Bonchev–Trinajstić information content (AvgIpc) is 2.94. The summed E-state index contributed by atoms with van der Waals surface area (Å²) in [6, 6.07) is 7.83. The SMILES string of the molecule is COc1ccc(OCc2nc([C@H]3CCCCCN3C)n[nH]2)cc1. The molecule has 0 bridgehead atoms. The highest BCUT2D eigenvalue weighted by Gasteiger charge is 2.23. The molecule has 1 aliphatic heterocycles. The Bertz CT molecular complexity index is 611. The first-order valence-corrected chi connectivity index (χ1v) is 8.14. The molecule has 23 heavy (non-hydrogen) atoms. The largest absolute Gasteiger partial charge is 0.497 e. The van der Waals surface area contributed by atoms with Crippen LogP contribution in [0.5, 0.6) is 11.5 Å². The smallest absolute Gasteiger partial charge is 0.167 e. The number of nitrogens with one attached hydrogen (secondary N) is 1. The number of hydrogen-bond donors (Lipinski definition) is 1. The van der Waals surface area contributed by atoms with Crippen molar-refractivity contribution in [2.75, 3.05) is 20.7 Å². The van der Waals surface area contributed by atoms with Crippen LogP contribution in [0, 0.1) is 0 Å². The topological polar surface area (TPSA) is 63.3 Å². The van der Waals surface area contributed by atoms with Crippen LogP contribution < -0.4 is 9.47 Å². The summed E-state index contributed by atoms with van der Waals surface area (Å²) in [5.41, 5.74) is 0. The number of H-pyrrole nitrogens is 1. The molecule has 2 heterocycles. The number of aromatic amines is 1. The fourth-order valence-corrected chi connectivity index (χ4v) is 2.93. The van der Waals surface area contributed by atoms with Crippen molar-refractivity contribution in [1.82, 2.24) is 20.1 Å². The van der Waals surface area contributed by atoms with E-state index in [4.69, 9.17) is 9.47 Å². The molecule has 6 nitrogen and oxygen atoms in total. The van der Waals surface area contributed by atoms with Crippen LogP contribution in [0.3, 0.4) is 0 Å². The number of benzene rings is 1. The lowest BCUT2D eigenvalue weighted by Gasteiger charge is -2.22. The van der Waals surface area contributed by atoms with E-state index in [-0.39, 0.29) is 0 Å². The van der Waals surface area contributed by atoms with Crippen LogP contribution in [-0.4, -0.2) is 40.8 Å². The standard InChI is InChI=1S/C17H24N4O2/c1-21-11-5-3-4-6-15(21)17-18-16(19-20-17)12-23-14-9-7-13(22-2)8-10-14/h7-10,15H,3-6,11-12H2,1-2H3,(H,18,19,20)/t15-/m1/s1. The van der Waals surface area contributed by atoms with Crippen molar-refractivity contribution in [2.45, 2.75) is 38.3 Å². The van der Waals surface area contributed by atoms with Gasteiger partial charge in [-0.05, 0) is 50.7 Å². The van der Waals surface area contributed by atoms with Crippen LogP contribution in [0.1, 0.15) is 43.4 Å². The zero-order valence-corrected chi connectivity index (χ0v) is 13.8. The highest BCUT2D eigenvalue weighted by molar-refractivity contribution is 5.31. The molecule has 0 amide bonds. The summed E-state index contributed by atoms with van der Waals surface area (Å²) >= 11 is 0. The van der Waals surface area contributed by atoms with E-state index >= 15 is 0 Å². The molecule has 1 atom stereocenters. The molecule has 1 aromatic carbocycles. The van der Waals surface area contributed by atoms with Crippen LogP contribution >= 0.6 is 0 Å². The van der Waals surface area contributed by atoms with Gasteiger partial charge in [0.15, 0.2) is 11.6 Å². The van der Waals surface area contributed by atoms with Crippen LogP contribution in [0.15, 0.2) is 24.3 Å². The predicted molar refractivity (Wildman–Crippen MR) is 87.5 cm³/mol. The Labute approximate surface area is 136 Å². The quantitative estimate of drug-likeness (QED) is 0.919. The highest BCUT2D eigenvalue weighted by Crippen LogP contribution is 2.26. The fraction of sp³-hybridized carbons (Fsp3) is 0.529. The number of rotatable bonds is 5. The third-order valence-corrected chi connectivity index (χ3v) is 4.30. The molecule has 1 fully saturated rings. The summed E-state index contributed by atoms with van der Waals surface area (Å²) < 4.78 is 10.9. The van der Waals surface area contributed by atoms with Crippen molar-refractivity contribution >= 4 is 0 Å². The highest BCUT2D eigenvalue weighted by atomic mass is 16.5. The number of aromatic nitrogens is 3. The third-order valence-electron chi connectivity index (χ3n) is 4.30. The maximum Gasteiger partial charge on any atom is 0.167 e. The minimum Gasteiger partial charge on any atom is -0.497 e. The van der Waals surface area contributed by atoms with E-state index < -0.39 is 0 Å². The van der Waals surface area contributed by atoms with E-state index in [1.807, 2.05) is 24.3 Å². The van der Waals surface area contributed by atoms with Gasteiger partial charge >= 0.3 is 0 Å². The number of hydrogen-bond acceptors (Lipinski definition) is 5. The van der Waals surface area contributed by atoms with Gasteiger partial charge in [0.25, 0.3) is 0 Å². The molecule has 1 saturated heterocycles. The summed E-state index contributed by atoms with van der Waals surface area (Å²) in [4.78, 5) is 6.97. The van der Waals surface area contributed by atoms with Crippen LogP contribution in [-0.2, 0) is 6.61 Å². The molecular formula is C17H24N4O2. The summed E-state index contributed by atoms with van der Waals surface area (Å²) in [5.74, 6) is 3.24. The van der Waals surface area contributed by atoms with Crippen molar-refractivity contribution < 1.29 is 9.47 Å². The monoisotopic (exact) mass is 316 g/mol. The first kappa shape index (κ1) is 15.8. The van der Waals surface area contributed by atoms with Gasteiger partial charge in [-0.2, -0.15) is 5.10 Å². The van der Waals surface area contributed by atoms with Gasteiger partial charge in [0.2, 0.25) is 0 Å². The fourth-order valence-electron chi connectivity index (χ4n) is 2.93. The van der Waals surface area contributed by atoms with Gasteiger partial charge in [0, 0.05) is 0 Å². The Morgan fingerprint density at radius 2 is 1.96 bits per heavy atom. The molecule has 1 N–H and O–H groups in total. The second kappa shape index (κ2) is 7.46. The Hall–Kier alpha value is -2.08. The van der Waals surface area contributed by atoms with Crippen molar-refractivity contribution in [3.05, 3.63) is 35.9 Å². The van der Waals surface area contributed by atoms with Crippen molar-refractivity contribution in [3.8, 4) is 11.5 Å². The summed E-state index contributed by atoms with van der Waals surface area (Å²) in [5, 5.41) is 7.39. The lowest BCUT2D eigenvalue weighted by Crippen LogP contribution is -2.24. The second-order valence-electron chi connectivity index (χ2n) is 5.95. The Balaban J connectivity index is 1.60. The summed E-state index contributed by atoms with van der Waals surface area (Å²) in [7, 11) is 3.80. The van der Waals surface area contributed by atoms with Crippen molar-refractivity contribution in [1.29, 1.82) is 0 Å². The van der Waals surface area contributed by atoms with Crippen LogP contribution in [0.25, 0.3) is 0 Å². The van der Waals surface area contributed by atoms with E-state index in [0.717, 1.165) is 36.1 Å². The lowest BCUT2D eigenvalue weighted by molar-refractivity contribution is 0.240. The molecule has 0 saturated carbocycles. The molecule has 6 heteroatoms. The van der Waals surface area contributed by atoms with E-state index in [9.17, 15) is 0 Å². The maximum atomic E-state index is 5.74. The maximum absolute atomic E-state index is 5.74. The second-order valence-corrected chi connectivity index (χ2v) is 5.95. The Morgan fingerprint density at radius 3 is 2.74 bits per heavy atom. The van der Waals surface area contributed by atoms with Gasteiger partial charge in [-0.1, -0.05) is 12.8 Å². The van der Waals surface area contributed by atoms with Gasteiger partial charge in [-0.3, -0.25) is 10.00 Å². The van der Waals surface area contributed by atoms with Gasteiger partial charge in [-0.15, -0.1) is 0 Å². The molecule has 0 radical (unpaired) electrons. The number of nitrogens with zero attached hydrogens (tertiary/aromatic N) is 3. The van der Waals surface area contributed by atoms with Gasteiger partial charge in [0.05, 0.1) is 13.2 Å². The molecule has 2 aromatic rings. The molecule has 124 valence electrons. The van der Waals surface area contributed by atoms with Crippen molar-refractivity contribution in [2.24, 2.45) is 0 Å². The molecule has 1 aliphatic rings. The van der Waals surface area contributed by atoms with Crippen LogP contribution in [0.4, 0.5) is 0 Å². The number of ether oxygens (including phenoxy) is 2. The van der Waals surface area contributed by atoms with Crippen LogP contribution in [0.2, 0.25) is 0 Å². The van der Waals surface area contributed by atoms with E-state index in [1.54, 1.807) is 7.11 Å². The Kier molecular flexibility index (Phi) is 5.12. The minimum atomic E-state index is 0.309. The zero-order valence-electron chi connectivity index (χ0n) is 13.8. The number of methoxy groups -OCH3 is 1. The van der Waals surface area contributed by atoms with Gasteiger partial charge < -0.3 is 9.47 Å². The summed E-state index contributed by atoms with van der Waals surface area (Å²) in [6.45, 7) is 1.49. The lowest BCUT2D eigenvalue weighted by atomic mass is 10.1. The Morgan fingerprint density at radius 1 is 1.17 bits per heavy atom. The molecule has 1 aromatic heterocycles. The molecular weight excluding hydrogens is 292 g/mol. The molecule has 0 aliphatic carbocycles. The molecule has 3 rings (SSSR count). The van der Waals surface area contributed by atoms with Crippen molar-refractivity contribution in [3.63, 3.8) is 0 Å². The zero-order chi connectivity index (χ0) is 16.1. The summed E-state index contributed by atoms with van der Waals surface area (Å²) in [6.07, 6.45) is 4.90. The molecule has 0 spiro atoms. The van der Waals surface area contributed by atoms with Gasteiger partial charge in [0.1, 0.15) is 18.1 Å². The number of likely N-dealkylation sites (tertiary alicyclic amines) is 1.